The average molecular weight is 437 g/mol. The molecule has 0 bridgehead atoms. The number of hydrogen-bond acceptors (Lipinski definition) is 5. The molecule has 2 aliphatic heterocycles. The van der Waals surface area contributed by atoms with Crippen molar-refractivity contribution in [3.05, 3.63) is 52.4 Å². The van der Waals surface area contributed by atoms with Gasteiger partial charge < -0.3 is 10.2 Å². The maximum Gasteiger partial charge on any atom is 0.251 e. The van der Waals surface area contributed by atoms with Crippen LogP contribution in [0.1, 0.15) is 19.3 Å². The van der Waals surface area contributed by atoms with E-state index in [2.05, 4.69) is 15.2 Å². The van der Waals surface area contributed by atoms with E-state index in [0.717, 1.165) is 30.8 Å². The second kappa shape index (κ2) is 8.26. The first kappa shape index (κ1) is 20.1. The Bertz CT molecular complexity index is 933. The second-order valence-corrected chi connectivity index (χ2v) is 8.03. The van der Waals surface area contributed by atoms with Crippen LogP contribution in [-0.2, 0) is 9.59 Å². The van der Waals surface area contributed by atoms with E-state index >= 15 is 0 Å². The summed E-state index contributed by atoms with van der Waals surface area (Å²) in [4.78, 5) is 32.6. The maximum absolute atomic E-state index is 13.1. The van der Waals surface area contributed by atoms with Crippen LogP contribution in [0.15, 0.2) is 36.5 Å². The lowest BCUT2D eigenvalue weighted by Gasteiger charge is -2.34. The molecule has 1 aromatic carbocycles. The van der Waals surface area contributed by atoms with Crippen LogP contribution >= 0.6 is 23.2 Å². The maximum atomic E-state index is 13.1. The molecule has 152 valence electrons. The summed E-state index contributed by atoms with van der Waals surface area (Å²) in [5, 5.41) is 4.32. The molecule has 29 heavy (non-hydrogen) atoms. The summed E-state index contributed by atoms with van der Waals surface area (Å²) < 4.78 is 13.1. The molecule has 2 aliphatic rings. The van der Waals surface area contributed by atoms with Crippen molar-refractivity contribution in [3.8, 4) is 0 Å². The Morgan fingerprint density at radius 3 is 2.45 bits per heavy atom. The summed E-state index contributed by atoms with van der Waals surface area (Å²) in [6.07, 6.45) is 3.24. The predicted octanol–water partition coefficient (Wildman–Crippen LogP) is 3.42. The molecule has 0 radical (unpaired) electrons. The van der Waals surface area contributed by atoms with E-state index in [4.69, 9.17) is 23.2 Å². The average Bonchev–Trinajstić information content (AvgIpc) is 2.97. The summed E-state index contributed by atoms with van der Waals surface area (Å²) in [5.74, 6) is -0.297. The number of pyridine rings is 1. The lowest BCUT2D eigenvalue weighted by Crippen LogP contribution is -2.49. The molecular weight excluding hydrogens is 418 g/mol. The number of piperidine rings is 1. The van der Waals surface area contributed by atoms with Crippen molar-refractivity contribution in [1.29, 1.82) is 0 Å². The molecule has 3 heterocycles. The van der Waals surface area contributed by atoms with Crippen molar-refractivity contribution in [2.24, 2.45) is 0 Å². The third kappa shape index (κ3) is 4.22. The second-order valence-electron chi connectivity index (χ2n) is 7.19. The van der Waals surface area contributed by atoms with E-state index in [1.165, 1.54) is 24.3 Å². The number of carbonyl (C=O) groups is 2. The molecule has 2 aromatic rings. The van der Waals surface area contributed by atoms with Crippen molar-refractivity contribution in [1.82, 2.24) is 10.3 Å². The fourth-order valence-electron chi connectivity index (χ4n) is 3.81. The number of nitrogens with zero attached hydrogens (tertiary/aromatic N) is 3. The zero-order valence-electron chi connectivity index (χ0n) is 15.4. The summed E-state index contributed by atoms with van der Waals surface area (Å²) in [5.41, 5.74) is 0.393. The van der Waals surface area contributed by atoms with E-state index in [1.807, 2.05) is 0 Å². The lowest BCUT2D eigenvalue weighted by atomic mass is 10.0. The molecule has 9 heteroatoms. The predicted molar refractivity (Wildman–Crippen MR) is 110 cm³/mol. The first-order valence-corrected chi connectivity index (χ1v) is 10.1. The molecule has 2 saturated heterocycles. The first-order chi connectivity index (χ1) is 13.9. The molecule has 4 rings (SSSR count). The number of nitrogens with one attached hydrogen (secondary N) is 1. The molecule has 6 nitrogen and oxygen atoms in total. The zero-order valence-corrected chi connectivity index (χ0v) is 17.0. The highest BCUT2D eigenvalue weighted by molar-refractivity contribution is 6.36. The summed E-state index contributed by atoms with van der Waals surface area (Å²) in [6, 6.07) is 6.56. The minimum absolute atomic E-state index is 0.0982. The van der Waals surface area contributed by atoms with Crippen LogP contribution in [0.4, 0.5) is 15.9 Å². The number of rotatable bonds is 4. The lowest BCUT2D eigenvalue weighted by molar-refractivity contribution is -0.121. The summed E-state index contributed by atoms with van der Waals surface area (Å²) in [6.45, 7) is 1.45. The van der Waals surface area contributed by atoms with Gasteiger partial charge in [0.1, 0.15) is 11.6 Å². The van der Waals surface area contributed by atoms with E-state index in [9.17, 15) is 14.0 Å². The molecule has 2 amide bonds. The van der Waals surface area contributed by atoms with Gasteiger partial charge in [-0.25, -0.2) is 14.3 Å². The van der Waals surface area contributed by atoms with E-state index in [0.29, 0.717) is 21.6 Å². The third-order valence-electron chi connectivity index (χ3n) is 5.25. The first-order valence-electron chi connectivity index (χ1n) is 9.37. The van der Waals surface area contributed by atoms with Gasteiger partial charge in [0, 0.05) is 25.3 Å². The van der Waals surface area contributed by atoms with E-state index in [-0.39, 0.29) is 24.3 Å². The zero-order chi connectivity index (χ0) is 20.5. The van der Waals surface area contributed by atoms with Crippen LogP contribution in [0.25, 0.3) is 0 Å². The fraction of sp³-hybridized carbons (Fsp3) is 0.350. The molecular formula is C20H19Cl2FN4O2. The molecule has 1 aromatic heterocycles. The van der Waals surface area contributed by atoms with Gasteiger partial charge in [0.15, 0.2) is 0 Å². The Labute approximate surface area is 177 Å². The SMILES string of the molecule is O=C1C[C@@H](NC2CCN(c3ncc(Cl)cc3Cl)CC2)C(=O)N1c1ccc(F)cc1. The minimum Gasteiger partial charge on any atom is -0.355 e. The Hall–Kier alpha value is -2.22. The number of aromatic nitrogens is 1. The molecule has 0 unspecified atom stereocenters. The van der Waals surface area contributed by atoms with Gasteiger partial charge in [0.05, 0.1) is 28.2 Å². The highest BCUT2D eigenvalue weighted by atomic mass is 35.5. The highest BCUT2D eigenvalue weighted by Crippen LogP contribution is 2.29. The topological polar surface area (TPSA) is 65.5 Å². The van der Waals surface area contributed by atoms with E-state index < -0.39 is 11.9 Å². The largest absolute Gasteiger partial charge is 0.355 e. The van der Waals surface area contributed by atoms with Gasteiger partial charge in [-0.2, -0.15) is 0 Å². The van der Waals surface area contributed by atoms with Crippen LogP contribution in [0.5, 0.6) is 0 Å². The molecule has 0 spiro atoms. The number of hydrogen-bond donors (Lipinski definition) is 1. The standard InChI is InChI=1S/C20H19Cl2FN4O2/c21-12-9-16(22)19(24-11-12)26-7-5-14(6-8-26)25-17-10-18(28)27(20(17)29)15-3-1-13(23)2-4-15/h1-4,9,11,14,17,25H,5-8,10H2/t17-/m1/s1. The number of halogens is 3. The number of imide groups is 1. The number of anilines is 2. The monoisotopic (exact) mass is 436 g/mol. The van der Waals surface area contributed by atoms with E-state index in [1.54, 1.807) is 12.3 Å². The number of benzene rings is 1. The van der Waals surface area contributed by atoms with Crippen molar-refractivity contribution in [2.75, 3.05) is 22.9 Å². The molecule has 2 fully saturated rings. The smallest absolute Gasteiger partial charge is 0.251 e. The van der Waals surface area contributed by atoms with Gasteiger partial charge >= 0.3 is 0 Å². The Kier molecular flexibility index (Phi) is 5.72. The van der Waals surface area contributed by atoms with Gasteiger partial charge in [-0.3, -0.25) is 9.59 Å². The van der Waals surface area contributed by atoms with Gasteiger partial charge in [-0.05, 0) is 43.2 Å². The molecule has 0 saturated carbocycles. The quantitative estimate of drug-likeness (QED) is 0.743. The highest BCUT2D eigenvalue weighted by Gasteiger charge is 2.40. The molecule has 0 aliphatic carbocycles. The van der Waals surface area contributed by atoms with Crippen LogP contribution in [0.3, 0.4) is 0 Å². The van der Waals surface area contributed by atoms with Gasteiger partial charge in [-0.15, -0.1) is 0 Å². The minimum atomic E-state index is -0.568. The summed E-state index contributed by atoms with van der Waals surface area (Å²) in [7, 11) is 0. The van der Waals surface area contributed by atoms with Gasteiger partial charge in [-0.1, -0.05) is 23.2 Å². The van der Waals surface area contributed by atoms with Crippen LogP contribution in [0, 0.1) is 5.82 Å². The van der Waals surface area contributed by atoms with Crippen LogP contribution < -0.4 is 15.1 Å². The Morgan fingerprint density at radius 1 is 1.10 bits per heavy atom. The normalized spacial score (nSPS) is 20.6. The Balaban J connectivity index is 1.36. The van der Waals surface area contributed by atoms with Gasteiger partial charge in [0.25, 0.3) is 5.91 Å². The Morgan fingerprint density at radius 2 is 1.79 bits per heavy atom. The van der Waals surface area contributed by atoms with Crippen molar-refractivity contribution in [2.45, 2.75) is 31.3 Å². The number of carbonyl (C=O) groups excluding carboxylic acids is 2. The third-order valence-corrected chi connectivity index (χ3v) is 5.74. The van der Waals surface area contributed by atoms with Crippen molar-refractivity contribution < 1.29 is 14.0 Å². The summed E-state index contributed by atoms with van der Waals surface area (Å²) >= 11 is 12.1. The molecule has 1 N–H and O–H groups in total. The number of amides is 2. The van der Waals surface area contributed by atoms with Crippen LogP contribution in [0.2, 0.25) is 10.0 Å². The van der Waals surface area contributed by atoms with Crippen molar-refractivity contribution >= 4 is 46.5 Å². The van der Waals surface area contributed by atoms with Crippen LogP contribution in [-0.4, -0.2) is 42.0 Å². The fourth-order valence-corrected chi connectivity index (χ4v) is 4.31. The molecule has 1 atom stereocenters. The van der Waals surface area contributed by atoms with Crippen molar-refractivity contribution in [3.63, 3.8) is 0 Å². The van der Waals surface area contributed by atoms with Gasteiger partial charge in [0.2, 0.25) is 5.91 Å².